The van der Waals surface area contributed by atoms with Crippen LogP contribution in [-0.4, -0.2) is 19.7 Å². The molecule has 0 saturated heterocycles. The van der Waals surface area contributed by atoms with Gasteiger partial charge >= 0.3 is 0 Å². The molecule has 0 amide bonds. The highest BCUT2D eigenvalue weighted by Gasteiger charge is 1.96. The van der Waals surface area contributed by atoms with Gasteiger partial charge in [-0.05, 0) is 37.4 Å². The highest BCUT2D eigenvalue weighted by atomic mass is 16.5. The van der Waals surface area contributed by atoms with Crippen molar-refractivity contribution in [2.75, 3.05) is 19.7 Å². The first-order valence-electron chi connectivity index (χ1n) is 6.10. The number of nitrogens with one attached hydrogen (secondary N) is 1. The molecule has 1 N–H and O–H groups in total. The fraction of sp³-hybridized carbons (Fsp3) is 0.692. The van der Waals surface area contributed by atoms with Gasteiger partial charge in [0.1, 0.15) is 12.4 Å². The number of furan rings is 1. The SMILES string of the molecule is CC(C)CCCNCCOCc1ccco1. The van der Waals surface area contributed by atoms with E-state index in [2.05, 4.69) is 19.2 Å². The van der Waals surface area contributed by atoms with Crippen LogP contribution in [0.25, 0.3) is 0 Å². The van der Waals surface area contributed by atoms with Crippen LogP contribution in [0.2, 0.25) is 0 Å². The molecular formula is C13H23NO2. The lowest BCUT2D eigenvalue weighted by Gasteiger charge is -2.06. The van der Waals surface area contributed by atoms with Crippen LogP contribution in [0, 0.1) is 5.92 Å². The topological polar surface area (TPSA) is 34.4 Å². The number of rotatable bonds is 9. The van der Waals surface area contributed by atoms with E-state index in [1.165, 1.54) is 12.8 Å². The van der Waals surface area contributed by atoms with E-state index in [9.17, 15) is 0 Å². The van der Waals surface area contributed by atoms with E-state index < -0.39 is 0 Å². The van der Waals surface area contributed by atoms with Gasteiger partial charge < -0.3 is 14.5 Å². The lowest BCUT2D eigenvalue weighted by Crippen LogP contribution is -2.21. The average Bonchev–Trinajstić information content (AvgIpc) is 2.74. The average molecular weight is 225 g/mol. The van der Waals surface area contributed by atoms with E-state index in [0.29, 0.717) is 6.61 Å². The molecule has 0 aliphatic carbocycles. The third-order valence-corrected chi connectivity index (χ3v) is 2.38. The monoisotopic (exact) mass is 225 g/mol. The molecule has 0 saturated carbocycles. The van der Waals surface area contributed by atoms with Crippen LogP contribution in [0.15, 0.2) is 22.8 Å². The van der Waals surface area contributed by atoms with Crippen molar-refractivity contribution in [3.8, 4) is 0 Å². The van der Waals surface area contributed by atoms with Gasteiger partial charge in [0.15, 0.2) is 0 Å². The maximum atomic E-state index is 5.45. The van der Waals surface area contributed by atoms with Gasteiger partial charge in [-0.25, -0.2) is 0 Å². The van der Waals surface area contributed by atoms with Crippen LogP contribution in [0.5, 0.6) is 0 Å². The van der Waals surface area contributed by atoms with Crippen LogP contribution in [0.1, 0.15) is 32.4 Å². The molecule has 0 fully saturated rings. The molecule has 1 heterocycles. The summed E-state index contributed by atoms with van der Waals surface area (Å²) >= 11 is 0. The van der Waals surface area contributed by atoms with Crippen LogP contribution in [-0.2, 0) is 11.3 Å². The molecule has 1 rings (SSSR count). The van der Waals surface area contributed by atoms with Crippen molar-refractivity contribution in [1.29, 1.82) is 0 Å². The second-order valence-electron chi connectivity index (χ2n) is 4.42. The third-order valence-electron chi connectivity index (χ3n) is 2.38. The zero-order valence-corrected chi connectivity index (χ0v) is 10.4. The van der Waals surface area contributed by atoms with Gasteiger partial charge in [-0.3, -0.25) is 0 Å². The van der Waals surface area contributed by atoms with Crippen molar-refractivity contribution in [1.82, 2.24) is 5.32 Å². The van der Waals surface area contributed by atoms with Gasteiger partial charge in [-0.15, -0.1) is 0 Å². The van der Waals surface area contributed by atoms with E-state index in [1.807, 2.05) is 12.1 Å². The summed E-state index contributed by atoms with van der Waals surface area (Å²) in [6, 6.07) is 3.80. The maximum absolute atomic E-state index is 5.45. The Morgan fingerprint density at radius 2 is 2.25 bits per heavy atom. The Morgan fingerprint density at radius 3 is 2.94 bits per heavy atom. The summed E-state index contributed by atoms with van der Waals surface area (Å²) in [4.78, 5) is 0. The highest BCUT2D eigenvalue weighted by molar-refractivity contribution is 4.95. The van der Waals surface area contributed by atoms with Crippen molar-refractivity contribution in [3.63, 3.8) is 0 Å². The van der Waals surface area contributed by atoms with Crippen molar-refractivity contribution < 1.29 is 9.15 Å². The van der Waals surface area contributed by atoms with Crippen LogP contribution < -0.4 is 5.32 Å². The minimum absolute atomic E-state index is 0.570. The van der Waals surface area contributed by atoms with E-state index in [0.717, 1.165) is 31.4 Å². The second-order valence-corrected chi connectivity index (χ2v) is 4.42. The lowest BCUT2D eigenvalue weighted by molar-refractivity contribution is 0.108. The van der Waals surface area contributed by atoms with Crippen molar-refractivity contribution in [2.24, 2.45) is 5.92 Å². The fourth-order valence-corrected chi connectivity index (χ4v) is 1.47. The molecule has 0 aromatic carbocycles. The Kier molecular flexibility index (Phi) is 6.93. The Morgan fingerprint density at radius 1 is 1.38 bits per heavy atom. The molecule has 0 bridgehead atoms. The summed E-state index contributed by atoms with van der Waals surface area (Å²) in [6.07, 6.45) is 4.21. The molecular weight excluding hydrogens is 202 g/mol. The zero-order chi connectivity index (χ0) is 11.6. The molecule has 0 aliphatic rings. The van der Waals surface area contributed by atoms with E-state index in [1.54, 1.807) is 6.26 Å². The van der Waals surface area contributed by atoms with Gasteiger partial charge in [0.2, 0.25) is 0 Å². The molecule has 16 heavy (non-hydrogen) atoms. The Hall–Kier alpha value is -0.800. The molecule has 3 nitrogen and oxygen atoms in total. The first-order chi connectivity index (χ1) is 7.79. The Labute approximate surface area is 98.2 Å². The van der Waals surface area contributed by atoms with E-state index in [-0.39, 0.29) is 0 Å². The predicted octanol–water partition coefficient (Wildman–Crippen LogP) is 2.82. The first-order valence-corrected chi connectivity index (χ1v) is 6.10. The quantitative estimate of drug-likeness (QED) is 0.656. The zero-order valence-electron chi connectivity index (χ0n) is 10.4. The lowest BCUT2D eigenvalue weighted by atomic mass is 10.1. The van der Waals surface area contributed by atoms with Gasteiger partial charge in [0.05, 0.1) is 12.9 Å². The minimum Gasteiger partial charge on any atom is -0.467 e. The summed E-state index contributed by atoms with van der Waals surface area (Å²) in [5.74, 6) is 1.69. The van der Waals surface area contributed by atoms with Crippen LogP contribution in [0.4, 0.5) is 0 Å². The van der Waals surface area contributed by atoms with E-state index >= 15 is 0 Å². The standard InChI is InChI=1S/C13H23NO2/c1-12(2)5-3-7-14-8-10-15-11-13-6-4-9-16-13/h4,6,9,12,14H,3,5,7-8,10-11H2,1-2H3. The van der Waals surface area contributed by atoms with Gasteiger partial charge in [0, 0.05) is 6.54 Å². The maximum Gasteiger partial charge on any atom is 0.129 e. The molecule has 92 valence electrons. The number of ether oxygens (including phenoxy) is 1. The molecule has 0 spiro atoms. The summed E-state index contributed by atoms with van der Waals surface area (Å²) in [6.45, 7) is 7.82. The van der Waals surface area contributed by atoms with Crippen LogP contribution >= 0.6 is 0 Å². The molecule has 0 radical (unpaired) electrons. The molecule has 1 aromatic rings. The third kappa shape index (κ3) is 6.64. The van der Waals surface area contributed by atoms with Gasteiger partial charge in [-0.1, -0.05) is 13.8 Å². The fourth-order valence-electron chi connectivity index (χ4n) is 1.47. The Balaban J connectivity index is 1.82. The second kappa shape index (κ2) is 8.36. The van der Waals surface area contributed by atoms with Crippen molar-refractivity contribution in [2.45, 2.75) is 33.3 Å². The molecule has 0 aliphatic heterocycles. The van der Waals surface area contributed by atoms with Crippen molar-refractivity contribution >= 4 is 0 Å². The number of hydrogen-bond acceptors (Lipinski definition) is 3. The molecule has 0 unspecified atom stereocenters. The largest absolute Gasteiger partial charge is 0.467 e. The minimum atomic E-state index is 0.570. The normalized spacial score (nSPS) is 11.2. The van der Waals surface area contributed by atoms with Crippen molar-refractivity contribution in [3.05, 3.63) is 24.2 Å². The van der Waals surface area contributed by atoms with Gasteiger partial charge in [-0.2, -0.15) is 0 Å². The Bertz CT molecular complexity index is 244. The van der Waals surface area contributed by atoms with Gasteiger partial charge in [0.25, 0.3) is 0 Å². The predicted molar refractivity (Wildman–Crippen MR) is 65.3 cm³/mol. The molecule has 3 heteroatoms. The summed E-state index contributed by atoms with van der Waals surface area (Å²) < 4.78 is 10.6. The smallest absolute Gasteiger partial charge is 0.129 e. The summed E-state index contributed by atoms with van der Waals surface area (Å²) in [5, 5.41) is 3.37. The van der Waals surface area contributed by atoms with E-state index in [4.69, 9.17) is 9.15 Å². The van der Waals surface area contributed by atoms with Crippen LogP contribution in [0.3, 0.4) is 0 Å². The summed E-state index contributed by atoms with van der Waals surface area (Å²) in [7, 11) is 0. The number of hydrogen-bond donors (Lipinski definition) is 1. The highest BCUT2D eigenvalue weighted by Crippen LogP contribution is 2.02. The molecule has 1 aromatic heterocycles. The molecule has 0 atom stereocenters. The summed E-state index contributed by atoms with van der Waals surface area (Å²) in [5.41, 5.74) is 0. The first kappa shape index (κ1) is 13.3.